The SMILES string of the molecule is Fc1cnc(-c2cc3c(cc2C(F)(F)F)N3)nc1. The molecule has 2 aromatic rings. The van der Waals surface area contributed by atoms with Gasteiger partial charge >= 0.3 is 6.18 Å². The molecule has 0 radical (unpaired) electrons. The summed E-state index contributed by atoms with van der Waals surface area (Å²) >= 11 is 0. The maximum atomic E-state index is 12.9. The molecule has 92 valence electrons. The first-order chi connectivity index (χ1) is 8.45. The van der Waals surface area contributed by atoms with Crippen molar-refractivity contribution >= 4 is 11.4 Å². The van der Waals surface area contributed by atoms with Crippen molar-refractivity contribution in [2.45, 2.75) is 6.18 Å². The molecule has 3 rings (SSSR count). The second-order valence-corrected chi connectivity index (χ2v) is 3.79. The Bertz CT molecular complexity index is 619. The van der Waals surface area contributed by atoms with E-state index < -0.39 is 17.6 Å². The van der Waals surface area contributed by atoms with Crippen LogP contribution in [-0.4, -0.2) is 9.97 Å². The van der Waals surface area contributed by atoms with Crippen LogP contribution in [0.4, 0.5) is 28.9 Å². The fraction of sp³-hybridized carbons (Fsp3) is 0.0909. The summed E-state index contributed by atoms with van der Waals surface area (Å²) in [6, 6.07) is 2.31. The van der Waals surface area contributed by atoms with E-state index in [4.69, 9.17) is 0 Å². The number of alkyl halides is 3. The molecule has 7 heteroatoms. The van der Waals surface area contributed by atoms with Gasteiger partial charge in [0.2, 0.25) is 0 Å². The minimum Gasteiger partial charge on any atom is -0.352 e. The summed E-state index contributed by atoms with van der Waals surface area (Å²) in [5, 5.41) is 2.69. The van der Waals surface area contributed by atoms with Crippen LogP contribution in [0.15, 0.2) is 24.5 Å². The Morgan fingerprint density at radius 1 is 1.00 bits per heavy atom. The number of rotatable bonds is 1. The molecule has 1 aliphatic heterocycles. The molecule has 1 aromatic carbocycles. The molecule has 0 spiro atoms. The van der Waals surface area contributed by atoms with E-state index in [1.54, 1.807) is 0 Å². The van der Waals surface area contributed by atoms with Gasteiger partial charge in [0, 0.05) is 5.56 Å². The van der Waals surface area contributed by atoms with Crippen molar-refractivity contribution in [2.24, 2.45) is 0 Å². The van der Waals surface area contributed by atoms with Crippen molar-refractivity contribution in [1.82, 2.24) is 9.97 Å². The van der Waals surface area contributed by atoms with Crippen LogP contribution in [0.5, 0.6) is 0 Å². The molecule has 2 heterocycles. The number of benzene rings is 1. The van der Waals surface area contributed by atoms with Gasteiger partial charge in [-0.15, -0.1) is 0 Å². The molecular weight excluding hydrogens is 250 g/mol. The smallest absolute Gasteiger partial charge is 0.352 e. The first kappa shape index (κ1) is 10.9. The average molecular weight is 255 g/mol. The van der Waals surface area contributed by atoms with Crippen LogP contribution in [0.3, 0.4) is 0 Å². The molecule has 1 N–H and O–H groups in total. The molecule has 0 amide bonds. The lowest BCUT2D eigenvalue weighted by atomic mass is 10.1. The number of fused-ring (bicyclic) bond motifs is 1. The zero-order valence-electron chi connectivity index (χ0n) is 8.72. The number of nitrogens with zero attached hydrogens (tertiary/aromatic N) is 2. The third-order valence-corrected chi connectivity index (χ3v) is 2.53. The van der Waals surface area contributed by atoms with Gasteiger partial charge in [0.25, 0.3) is 0 Å². The predicted octanol–water partition coefficient (Wildman–Crippen LogP) is 3.36. The second kappa shape index (κ2) is 3.41. The van der Waals surface area contributed by atoms with Crippen molar-refractivity contribution in [3.8, 4) is 11.4 Å². The fourth-order valence-corrected chi connectivity index (χ4v) is 1.66. The Morgan fingerprint density at radius 2 is 1.61 bits per heavy atom. The minimum atomic E-state index is -4.51. The number of aromatic nitrogens is 2. The van der Waals surface area contributed by atoms with Crippen LogP contribution in [0.1, 0.15) is 5.56 Å². The van der Waals surface area contributed by atoms with Crippen molar-refractivity contribution in [1.29, 1.82) is 0 Å². The maximum absolute atomic E-state index is 12.9. The largest absolute Gasteiger partial charge is 0.417 e. The van der Waals surface area contributed by atoms with E-state index in [1.165, 1.54) is 6.07 Å². The Labute approximate surface area is 98.5 Å². The van der Waals surface area contributed by atoms with E-state index >= 15 is 0 Å². The Kier molecular flexibility index (Phi) is 2.07. The van der Waals surface area contributed by atoms with E-state index in [0.717, 1.165) is 18.5 Å². The zero-order chi connectivity index (χ0) is 12.9. The highest BCUT2D eigenvalue weighted by Crippen LogP contribution is 2.47. The highest BCUT2D eigenvalue weighted by atomic mass is 19.4. The molecule has 0 saturated carbocycles. The lowest BCUT2D eigenvalue weighted by Gasteiger charge is -2.10. The van der Waals surface area contributed by atoms with Gasteiger partial charge in [-0.2, -0.15) is 13.2 Å². The summed E-state index contributed by atoms with van der Waals surface area (Å²) in [5.41, 5.74) is 0.0446. The number of hydrogen-bond acceptors (Lipinski definition) is 3. The number of halogens is 4. The van der Waals surface area contributed by atoms with Gasteiger partial charge in [0.05, 0.1) is 29.3 Å². The monoisotopic (exact) mass is 255 g/mol. The lowest BCUT2D eigenvalue weighted by Crippen LogP contribution is -2.07. The van der Waals surface area contributed by atoms with Crippen LogP contribution < -0.4 is 5.32 Å². The van der Waals surface area contributed by atoms with Crippen molar-refractivity contribution in [2.75, 3.05) is 5.32 Å². The third-order valence-electron chi connectivity index (χ3n) is 2.53. The van der Waals surface area contributed by atoms with Gasteiger partial charge in [-0.3, -0.25) is 0 Å². The highest BCUT2D eigenvalue weighted by Gasteiger charge is 2.37. The summed E-state index contributed by atoms with van der Waals surface area (Å²) < 4.78 is 51.2. The van der Waals surface area contributed by atoms with Gasteiger partial charge in [0.15, 0.2) is 11.6 Å². The van der Waals surface area contributed by atoms with E-state index in [0.29, 0.717) is 11.4 Å². The molecule has 0 atom stereocenters. The van der Waals surface area contributed by atoms with Gasteiger partial charge in [-0.25, -0.2) is 14.4 Å². The molecule has 0 aliphatic carbocycles. The Hall–Kier alpha value is -2.18. The van der Waals surface area contributed by atoms with Gasteiger partial charge < -0.3 is 5.32 Å². The molecule has 0 fully saturated rings. The molecular formula is C11H5F4N3. The van der Waals surface area contributed by atoms with Crippen molar-refractivity contribution in [3.05, 3.63) is 35.9 Å². The van der Waals surface area contributed by atoms with E-state index in [1.807, 2.05) is 0 Å². The van der Waals surface area contributed by atoms with Crippen molar-refractivity contribution in [3.63, 3.8) is 0 Å². The molecule has 0 bridgehead atoms. The topological polar surface area (TPSA) is 47.7 Å². The number of hydrogen-bond donors (Lipinski definition) is 1. The molecule has 0 saturated heterocycles. The van der Waals surface area contributed by atoms with E-state index in [-0.39, 0.29) is 11.4 Å². The molecule has 1 aromatic heterocycles. The summed E-state index contributed by atoms with van der Waals surface area (Å²) in [4.78, 5) is 7.15. The highest BCUT2D eigenvalue weighted by molar-refractivity contribution is 5.94. The van der Waals surface area contributed by atoms with Crippen LogP contribution in [0.25, 0.3) is 11.4 Å². The maximum Gasteiger partial charge on any atom is 0.417 e. The Balaban J connectivity index is 2.17. The molecule has 18 heavy (non-hydrogen) atoms. The molecule has 3 nitrogen and oxygen atoms in total. The van der Waals surface area contributed by atoms with Gasteiger partial charge in [0.1, 0.15) is 0 Å². The molecule has 0 unspecified atom stereocenters. The fourth-order valence-electron chi connectivity index (χ4n) is 1.66. The second-order valence-electron chi connectivity index (χ2n) is 3.79. The standard InChI is InChI=1S/C11H5F4N3/c12-5-3-16-10(17-4-5)6-1-8-9(18-8)2-7(6)11(13,14)15/h1-4,18H. The van der Waals surface area contributed by atoms with Crippen LogP contribution in [-0.2, 0) is 6.18 Å². The van der Waals surface area contributed by atoms with Gasteiger partial charge in [-0.1, -0.05) is 0 Å². The number of nitrogens with one attached hydrogen (secondary N) is 1. The zero-order valence-corrected chi connectivity index (χ0v) is 8.72. The summed E-state index contributed by atoms with van der Waals surface area (Å²) in [6.45, 7) is 0. The van der Waals surface area contributed by atoms with Crippen LogP contribution in [0.2, 0.25) is 0 Å². The summed E-state index contributed by atoms with van der Waals surface area (Å²) in [5.74, 6) is -0.850. The average Bonchev–Trinajstić information content (AvgIpc) is 3.05. The quantitative estimate of drug-likeness (QED) is 0.535. The first-order valence-corrected chi connectivity index (χ1v) is 4.95. The van der Waals surface area contributed by atoms with Gasteiger partial charge in [-0.05, 0) is 12.1 Å². The summed E-state index contributed by atoms with van der Waals surface area (Å²) in [7, 11) is 0. The Morgan fingerprint density at radius 3 is 2.22 bits per heavy atom. The summed E-state index contributed by atoms with van der Waals surface area (Å²) in [6.07, 6.45) is -2.84. The third kappa shape index (κ3) is 1.77. The normalized spacial score (nSPS) is 12.9. The lowest BCUT2D eigenvalue weighted by molar-refractivity contribution is -0.137. The predicted molar refractivity (Wildman–Crippen MR) is 55.7 cm³/mol. The first-order valence-electron chi connectivity index (χ1n) is 4.95. The van der Waals surface area contributed by atoms with Crippen molar-refractivity contribution < 1.29 is 17.6 Å². The van der Waals surface area contributed by atoms with E-state index in [9.17, 15) is 17.6 Å². The number of anilines is 2. The minimum absolute atomic E-state index is 0.153. The van der Waals surface area contributed by atoms with Crippen LogP contribution >= 0.6 is 0 Å². The molecule has 1 aliphatic rings. The van der Waals surface area contributed by atoms with Crippen LogP contribution in [0, 0.1) is 5.82 Å². The van der Waals surface area contributed by atoms with E-state index in [2.05, 4.69) is 15.3 Å².